The van der Waals surface area contributed by atoms with Gasteiger partial charge in [-0.3, -0.25) is 4.90 Å². The fourth-order valence-corrected chi connectivity index (χ4v) is 4.04. The van der Waals surface area contributed by atoms with E-state index in [1.807, 2.05) is 13.0 Å². The van der Waals surface area contributed by atoms with Crippen LogP contribution in [0.2, 0.25) is 0 Å². The molecule has 0 bridgehead atoms. The van der Waals surface area contributed by atoms with Gasteiger partial charge in [0.05, 0.1) is 30.4 Å². The summed E-state index contributed by atoms with van der Waals surface area (Å²) in [5, 5.41) is 35.8. The molecule has 3 aromatic rings. The van der Waals surface area contributed by atoms with Crippen LogP contribution >= 0.6 is 24.8 Å². The van der Waals surface area contributed by atoms with Gasteiger partial charge in [0, 0.05) is 31.4 Å². The Morgan fingerprint density at radius 3 is 2.54 bits per heavy atom. The number of anilines is 1. The molecule has 1 aliphatic heterocycles. The fraction of sp³-hybridized carbons (Fsp3) is 0.417. The molecule has 3 heterocycles. The van der Waals surface area contributed by atoms with Gasteiger partial charge >= 0.3 is 0 Å². The number of hydrogen-bond donors (Lipinski definition) is 3. The van der Waals surface area contributed by atoms with Crippen LogP contribution in [0.15, 0.2) is 35.0 Å². The number of aromatic nitrogens is 3. The van der Waals surface area contributed by atoms with Gasteiger partial charge in [-0.15, -0.1) is 24.8 Å². The number of nitrogens with zero attached hydrogens (tertiary/aromatic N) is 5. The van der Waals surface area contributed by atoms with Crippen LogP contribution in [0.4, 0.5) is 5.82 Å². The average molecular weight is 521 g/mol. The Kier molecular flexibility index (Phi) is 10.9. The number of rotatable bonds is 8. The van der Waals surface area contributed by atoms with Gasteiger partial charge in [-0.2, -0.15) is 10.2 Å². The van der Waals surface area contributed by atoms with Crippen molar-refractivity contribution in [3.05, 3.63) is 47.2 Å². The lowest BCUT2D eigenvalue weighted by Crippen LogP contribution is -2.42. The number of nitriles is 1. The highest BCUT2D eigenvalue weighted by atomic mass is 35.5. The zero-order valence-corrected chi connectivity index (χ0v) is 21.1. The van der Waals surface area contributed by atoms with Gasteiger partial charge in [0.2, 0.25) is 5.82 Å². The molecule has 11 heteroatoms. The summed E-state index contributed by atoms with van der Waals surface area (Å²) in [4.78, 5) is 11.0. The van der Waals surface area contributed by atoms with E-state index in [1.165, 1.54) is 11.1 Å². The summed E-state index contributed by atoms with van der Waals surface area (Å²) in [6.45, 7) is 4.24. The lowest BCUT2D eigenvalue weighted by molar-refractivity contribution is 0.0769. The van der Waals surface area contributed by atoms with Crippen LogP contribution < -0.4 is 5.32 Å². The Balaban J connectivity index is 0.00000216. The molecule has 0 aliphatic carbocycles. The third-order valence-electron chi connectivity index (χ3n) is 5.96. The maximum Gasteiger partial charge on any atom is 0.259 e. The van der Waals surface area contributed by atoms with E-state index in [0.717, 1.165) is 44.5 Å². The van der Waals surface area contributed by atoms with E-state index in [9.17, 15) is 15.5 Å². The predicted octanol–water partition coefficient (Wildman–Crippen LogP) is 3.09. The van der Waals surface area contributed by atoms with Gasteiger partial charge in [-0.25, -0.2) is 4.98 Å². The van der Waals surface area contributed by atoms with E-state index >= 15 is 0 Å². The summed E-state index contributed by atoms with van der Waals surface area (Å²) >= 11 is 0. The summed E-state index contributed by atoms with van der Waals surface area (Å²) in [6.07, 6.45) is 4.22. The number of nitrogens with one attached hydrogen (secondary N) is 1. The molecule has 0 saturated heterocycles. The van der Waals surface area contributed by atoms with Crippen LogP contribution in [-0.4, -0.2) is 69.1 Å². The Morgan fingerprint density at radius 1 is 1.11 bits per heavy atom. The van der Waals surface area contributed by atoms with Crippen molar-refractivity contribution in [3.63, 3.8) is 0 Å². The highest BCUT2D eigenvalue weighted by Crippen LogP contribution is 2.27. The van der Waals surface area contributed by atoms with Crippen molar-refractivity contribution in [2.45, 2.75) is 32.2 Å². The van der Waals surface area contributed by atoms with Gasteiger partial charge in [-0.1, -0.05) is 24.2 Å². The van der Waals surface area contributed by atoms with Crippen molar-refractivity contribution in [2.24, 2.45) is 0 Å². The molecule has 2 aromatic heterocycles. The Bertz CT molecular complexity index is 1150. The van der Waals surface area contributed by atoms with E-state index in [1.54, 1.807) is 12.3 Å². The molecule has 9 nitrogen and oxygen atoms in total. The van der Waals surface area contributed by atoms with Gasteiger partial charge in [0.25, 0.3) is 5.89 Å². The highest BCUT2D eigenvalue weighted by Gasteiger charge is 2.21. The summed E-state index contributed by atoms with van der Waals surface area (Å²) in [7, 11) is 0. The summed E-state index contributed by atoms with van der Waals surface area (Å²) in [6, 6.07) is 9.78. The second kappa shape index (κ2) is 13.4. The fourth-order valence-electron chi connectivity index (χ4n) is 4.04. The van der Waals surface area contributed by atoms with Crippen molar-refractivity contribution < 1.29 is 14.7 Å². The molecule has 1 aromatic carbocycles. The standard InChI is InChI=1S/C24H28N6O3.2ClH/c1-2-7-26-22-19(12-25)11-20(13-27-22)24-28-23(29-33-24)18-4-3-16-5-8-30(21(14-31)15-32)9-6-17(16)10-18;;/h3-4,10-11,13,21,31-32H,2,5-9,14-15H2,1H3,(H,26,27);2*1H. The molecule has 0 saturated carbocycles. The molecule has 4 rings (SSSR count). The number of aliphatic hydroxyl groups excluding tert-OH is 2. The maximum absolute atomic E-state index is 9.51. The average Bonchev–Trinajstić information content (AvgIpc) is 3.26. The predicted molar refractivity (Wildman–Crippen MR) is 138 cm³/mol. The number of benzene rings is 1. The van der Waals surface area contributed by atoms with E-state index in [2.05, 4.69) is 43.5 Å². The van der Waals surface area contributed by atoms with E-state index < -0.39 is 0 Å². The minimum Gasteiger partial charge on any atom is -0.395 e. The van der Waals surface area contributed by atoms with E-state index in [-0.39, 0.29) is 44.1 Å². The molecule has 0 radical (unpaired) electrons. The Labute approximate surface area is 217 Å². The molecule has 188 valence electrons. The van der Waals surface area contributed by atoms with Crippen LogP contribution in [0.3, 0.4) is 0 Å². The van der Waals surface area contributed by atoms with Crippen LogP contribution in [0, 0.1) is 11.3 Å². The number of aliphatic hydroxyl groups is 2. The highest BCUT2D eigenvalue weighted by molar-refractivity contribution is 5.85. The first-order valence-corrected chi connectivity index (χ1v) is 11.2. The van der Waals surface area contributed by atoms with Crippen LogP contribution in [0.25, 0.3) is 22.8 Å². The third kappa shape index (κ3) is 6.48. The van der Waals surface area contributed by atoms with E-state index in [4.69, 9.17) is 4.52 Å². The Morgan fingerprint density at radius 2 is 1.86 bits per heavy atom. The number of pyridine rings is 1. The van der Waals surface area contributed by atoms with Crippen LogP contribution in [-0.2, 0) is 12.8 Å². The zero-order valence-electron chi connectivity index (χ0n) is 19.5. The SMILES string of the molecule is CCCNc1ncc(-c2nc(-c3ccc4c(c3)CCN(C(CO)CO)CC4)no2)cc1C#N.Cl.Cl. The summed E-state index contributed by atoms with van der Waals surface area (Å²) in [5.41, 5.74) is 4.33. The lowest BCUT2D eigenvalue weighted by atomic mass is 10.00. The normalized spacial score (nSPS) is 13.2. The topological polar surface area (TPSA) is 131 Å². The first kappa shape index (κ1) is 28.5. The van der Waals surface area contributed by atoms with Gasteiger partial charge in [0.1, 0.15) is 11.9 Å². The third-order valence-corrected chi connectivity index (χ3v) is 5.96. The molecule has 1 aliphatic rings. The second-order valence-electron chi connectivity index (χ2n) is 8.12. The van der Waals surface area contributed by atoms with Gasteiger partial charge in [-0.05, 0) is 42.5 Å². The maximum atomic E-state index is 9.51. The monoisotopic (exact) mass is 520 g/mol. The first-order valence-electron chi connectivity index (χ1n) is 11.2. The van der Waals surface area contributed by atoms with Crippen molar-refractivity contribution in [1.82, 2.24) is 20.0 Å². The van der Waals surface area contributed by atoms with Crippen molar-refractivity contribution in [3.8, 4) is 28.9 Å². The van der Waals surface area contributed by atoms with Crippen molar-refractivity contribution in [2.75, 3.05) is 38.2 Å². The zero-order chi connectivity index (χ0) is 23.2. The minimum absolute atomic E-state index is 0. The van der Waals surface area contributed by atoms with Gasteiger partial charge < -0.3 is 20.1 Å². The number of fused-ring (bicyclic) bond motifs is 1. The molecule has 0 fully saturated rings. The summed E-state index contributed by atoms with van der Waals surface area (Å²) < 4.78 is 5.48. The molecule has 35 heavy (non-hydrogen) atoms. The van der Waals surface area contributed by atoms with Gasteiger partial charge in [0.15, 0.2) is 0 Å². The lowest BCUT2D eigenvalue weighted by Gasteiger charge is -2.27. The molecular formula is C24H30Cl2N6O3. The van der Waals surface area contributed by atoms with E-state index in [0.29, 0.717) is 28.7 Å². The number of halogens is 2. The molecule has 0 atom stereocenters. The quantitative estimate of drug-likeness (QED) is 0.409. The molecule has 3 N–H and O–H groups in total. The minimum atomic E-state index is -0.228. The molecule has 0 amide bonds. The van der Waals surface area contributed by atoms with Crippen LogP contribution in [0.5, 0.6) is 0 Å². The second-order valence-corrected chi connectivity index (χ2v) is 8.12. The summed E-state index contributed by atoms with van der Waals surface area (Å²) in [5.74, 6) is 1.34. The molecular weight excluding hydrogens is 491 g/mol. The smallest absolute Gasteiger partial charge is 0.259 e. The largest absolute Gasteiger partial charge is 0.395 e. The van der Waals surface area contributed by atoms with Crippen molar-refractivity contribution in [1.29, 1.82) is 5.26 Å². The Hall–Kier alpha value is -2.74. The molecule has 0 spiro atoms. The molecule has 0 unspecified atom stereocenters. The number of hydrogen-bond acceptors (Lipinski definition) is 9. The van der Waals surface area contributed by atoms with Crippen LogP contribution in [0.1, 0.15) is 30.0 Å². The first-order chi connectivity index (χ1) is 16.2. The van der Waals surface area contributed by atoms with Crippen molar-refractivity contribution >= 4 is 30.6 Å².